The Kier molecular flexibility index (Phi) is 3.30. The van der Waals surface area contributed by atoms with Crippen LogP contribution in [0, 0.1) is 11.8 Å². The van der Waals surface area contributed by atoms with Gasteiger partial charge in [0.05, 0.1) is 6.10 Å². The highest BCUT2D eigenvalue weighted by Crippen LogP contribution is 2.28. The molecule has 0 spiro atoms. The molecule has 0 bridgehead atoms. The summed E-state index contributed by atoms with van der Waals surface area (Å²) in [5, 5.41) is 26.9. The molecule has 0 aromatic rings. The van der Waals surface area contributed by atoms with Crippen LogP contribution in [0.25, 0.3) is 0 Å². The molecular weight excluding hydrogens is 144 g/mol. The minimum absolute atomic E-state index is 0.133. The van der Waals surface area contributed by atoms with E-state index >= 15 is 0 Å². The third-order valence-electron chi connectivity index (χ3n) is 2.39. The largest absolute Gasteiger partial charge is 0.396 e. The van der Waals surface area contributed by atoms with Gasteiger partial charge in [0.1, 0.15) is 0 Å². The van der Waals surface area contributed by atoms with E-state index < -0.39 is 0 Å². The minimum atomic E-state index is -0.321. The first-order valence-electron chi connectivity index (χ1n) is 4.16. The van der Waals surface area contributed by atoms with Gasteiger partial charge >= 0.3 is 0 Å². The summed E-state index contributed by atoms with van der Waals surface area (Å²) in [4.78, 5) is 0. The molecular formula is C8H16O3. The van der Waals surface area contributed by atoms with E-state index in [1.54, 1.807) is 0 Å². The fourth-order valence-corrected chi connectivity index (χ4v) is 1.83. The van der Waals surface area contributed by atoms with Crippen molar-refractivity contribution in [1.29, 1.82) is 0 Å². The van der Waals surface area contributed by atoms with E-state index in [1.807, 2.05) is 0 Å². The van der Waals surface area contributed by atoms with Gasteiger partial charge in [-0.1, -0.05) is 0 Å². The van der Waals surface area contributed by atoms with E-state index in [0.29, 0.717) is 12.8 Å². The summed E-state index contributed by atoms with van der Waals surface area (Å²) in [6.45, 7) is 0.265. The van der Waals surface area contributed by atoms with Crippen molar-refractivity contribution in [2.24, 2.45) is 11.8 Å². The smallest absolute Gasteiger partial charge is 0.0547 e. The monoisotopic (exact) mass is 160 g/mol. The normalized spacial score (nSPS) is 39.0. The summed E-state index contributed by atoms with van der Waals surface area (Å²) in [5.41, 5.74) is 0. The van der Waals surface area contributed by atoms with Crippen molar-refractivity contribution in [3.05, 3.63) is 0 Å². The van der Waals surface area contributed by atoms with Crippen molar-refractivity contribution in [3.8, 4) is 0 Å². The molecule has 1 fully saturated rings. The lowest BCUT2D eigenvalue weighted by Crippen LogP contribution is -2.29. The van der Waals surface area contributed by atoms with Crippen molar-refractivity contribution < 1.29 is 15.3 Å². The fraction of sp³-hybridized carbons (Fsp3) is 1.00. The summed E-state index contributed by atoms with van der Waals surface area (Å²) in [6, 6.07) is 0. The van der Waals surface area contributed by atoms with E-state index in [1.165, 1.54) is 0 Å². The van der Waals surface area contributed by atoms with Crippen LogP contribution in [0.1, 0.15) is 19.3 Å². The Labute approximate surface area is 66.7 Å². The molecule has 3 atom stereocenters. The molecule has 3 heteroatoms. The van der Waals surface area contributed by atoms with Gasteiger partial charge in [0.2, 0.25) is 0 Å². The van der Waals surface area contributed by atoms with E-state index in [-0.39, 0.29) is 31.2 Å². The molecule has 1 rings (SSSR count). The third kappa shape index (κ3) is 2.43. The average molecular weight is 160 g/mol. The van der Waals surface area contributed by atoms with Gasteiger partial charge in [-0.15, -0.1) is 0 Å². The van der Waals surface area contributed by atoms with Crippen LogP contribution in [0.3, 0.4) is 0 Å². The molecule has 0 saturated heterocycles. The molecule has 0 heterocycles. The van der Waals surface area contributed by atoms with E-state index in [4.69, 9.17) is 10.2 Å². The molecule has 3 N–H and O–H groups in total. The van der Waals surface area contributed by atoms with Crippen LogP contribution in [0.5, 0.6) is 0 Å². The van der Waals surface area contributed by atoms with Crippen LogP contribution in [0.4, 0.5) is 0 Å². The zero-order valence-electron chi connectivity index (χ0n) is 6.61. The van der Waals surface area contributed by atoms with Gasteiger partial charge in [0.15, 0.2) is 0 Å². The Morgan fingerprint density at radius 3 is 1.73 bits per heavy atom. The Hall–Kier alpha value is -0.120. The third-order valence-corrected chi connectivity index (χ3v) is 2.39. The average Bonchev–Trinajstić information content (AvgIpc) is 2.03. The first-order valence-corrected chi connectivity index (χ1v) is 4.16. The number of hydrogen-bond acceptors (Lipinski definition) is 3. The molecule has 1 saturated carbocycles. The van der Waals surface area contributed by atoms with E-state index in [0.717, 1.165) is 6.42 Å². The number of hydrogen-bond donors (Lipinski definition) is 3. The minimum Gasteiger partial charge on any atom is -0.396 e. The molecule has 0 radical (unpaired) electrons. The Morgan fingerprint density at radius 1 is 0.909 bits per heavy atom. The highest BCUT2D eigenvalue weighted by Gasteiger charge is 2.26. The van der Waals surface area contributed by atoms with E-state index in [2.05, 4.69) is 0 Å². The zero-order chi connectivity index (χ0) is 8.27. The highest BCUT2D eigenvalue weighted by atomic mass is 16.3. The van der Waals surface area contributed by atoms with Crippen LogP contribution < -0.4 is 0 Å². The van der Waals surface area contributed by atoms with Gasteiger partial charge in [-0.05, 0) is 31.1 Å². The lowest BCUT2D eigenvalue weighted by molar-refractivity contribution is 0.0290. The number of aliphatic hydroxyl groups excluding tert-OH is 3. The highest BCUT2D eigenvalue weighted by molar-refractivity contribution is 4.77. The molecule has 1 aliphatic carbocycles. The Bertz CT molecular complexity index is 104. The standard InChI is InChI=1S/C8H16O3/c9-4-6-1-7(5-10)3-8(11)2-6/h6-11H,1-5H2/t6-,7?,8?/m0/s1. The molecule has 1 aliphatic rings. The number of rotatable bonds is 2. The first-order chi connectivity index (χ1) is 5.26. The lowest BCUT2D eigenvalue weighted by Gasteiger charge is -2.30. The van der Waals surface area contributed by atoms with Crippen LogP contribution in [0.2, 0.25) is 0 Å². The maximum Gasteiger partial charge on any atom is 0.0547 e. The molecule has 0 aliphatic heterocycles. The lowest BCUT2D eigenvalue weighted by atomic mass is 9.80. The van der Waals surface area contributed by atoms with Crippen LogP contribution in [-0.2, 0) is 0 Å². The zero-order valence-corrected chi connectivity index (χ0v) is 6.61. The summed E-state index contributed by atoms with van der Waals surface area (Å²) < 4.78 is 0. The van der Waals surface area contributed by atoms with Gasteiger partial charge in [0.25, 0.3) is 0 Å². The van der Waals surface area contributed by atoms with Crippen LogP contribution in [-0.4, -0.2) is 34.6 Å². The maximum absolute atomic E-state index is 9.29. The van der Waals surface area contributed by atoms with Crippen LogP contribution >= 0.6 is 0 Å². The SMILES string of the molecule is OCC1CC(O)C[C@@H](CO)C1. The molecule has 0 aromatic heterocycles. The van der Waals surface area contributed by atoms with Gasteiger partial charge in [-0.2, -0.15) is 0 Å². The molecule has 0 amide bonds. The molecule has 11 heavy (non-hydrogen) atoms. The van der Waals surface area contributed by atoms with Gasteiger partial charge < -0.3 is 15.3 Å². The van der Waals surface area contributed by atoms with Crippen molar-refractivity contribution in [1.82, 2.24) is 0 Å². The predicted molar refractivity (Wildman–Crippen MR) is 41.0 cm³/mol. The fourth-order valence-electron chi connectivity index (χ4n) is 1.83. The number of aliphatic hydroxyl groups is 3. The topological polar surface area (TPSA) is 60.7 Å². The van der Waals surface area contributed by atoms with Crippen molar-refractivity contribution in [3.63, 3.8) is 0 Å². The van der Waals surface area contributed by atoms with E-state index in [9.17, 15) is 5.11 Å². The van der Waals surface area contributed by atoms with Gasteiger partial charge in [-0.25, -0.2) is 0 Å². The van der Waals surface area contributed by atoms with Gasteiger partial charge in [0, 0.05) is 13.2 Å². The summed E-state index contributed by atoms with van der Waals surface area (Å²) >= 11 is 0. The second kappa shape index (κ2) is 4.04. The van der Waals surface area contributed by atoms with Gasteiger partial charge in [-0.3, -0.25) is 0 Å². The summed E-state index contributed by atoms with van der Waals surface area (Å²) in [7, 11) is 0. The molecule has 66 valence electrons. The summed E-state index contributed by atoms with van der Waals surface area (Å²) in [5.74, 6) is 0.381. The Balaban J connectivity index is 2.37. The predicted octanol–water partition coefficient (Wildman–Crippen LogP) is -0.252. The maximum atomic E-state index is 9.29. The quantitative estimate of drug-likeness (QED) is 0.522. The second-order valence-corrected chi connectivity index (χ2v) is 3.46. The molecule has 2 unspecified atom stereocenters. The molecule has 0 aromatic carbocycles. The summed E-state index contributed by atoms with van der Waals surface area (Å²) in [6.07, 6.45) is 1.90. The first kappa shape index (κ1) is 8.97. The van der Waals surface area contributed by atoms with Crippen molar-refractivity contribution >= 4 is 0 Å². The Morgan fingerprint density at radius 2 is 1.36 bits per heavy atom. The molecule has 3 nitrogen and oxygen atoms in total. The van der Waals surface area contributed by atoms with Crippen molar-refractivity contribution in [2.45, 2.75) is 25.4 Å². The second-order valence-electron chi connectivity index (χ2n) is 3.46. The van der Waals surface area contributed by atoms with Crippen LogP contribution in [0.15, 0.2) is 0 Å². The van der Waals surface area contributed by atoms with Crippen molar-refractivity contribution in [2.75, 3.05) is 13.2 Å².